The summed E-state index contributed by atoms with van der Waals surface area (Å²) in [7, 11) is 0. The summed E-state index contributed by atoms with van der Waals surface area (Å²) in [4.78, 5) is 40.4. The van der Waals surface area contributed by atoms with Crippen LogP contribution < -0.4 is 5.56 Å². The van der Waals surface area contributed by atoms with Crippen LogP contribution in [0, 0.1) is 11.3 Å². The molecule has 0 radical (unpaired) electrons. The van der Waals surface area contributed by atoms with Crippen molar-refractivity contribution in [3.05, 3.63) is 26.6 Å². The normalized spacial score (nSPS) is 22.8. The molecule has 2 aromatic rings. The maximum atomic E-state index is 13.0. The number of thiophene rings is 1. The number of piperazine rings is 1. The van der Waals surface area contributed by atoms with E-state index in [1.54, 1.807) is 11.3 Å². The van der Waals surface area contributed by atoms with Crippen LogP contribution in [0.4, 0.5) is 0 Å². The standard InChI is InChI=1S/C27H40N4O2S/c1-27(2,3)18-9-10-20-21(17-18)34-26-24(20)25(33)28-22(29-26)11-12-23(32)31-15-13-30(14-16-31)19-7-5-4-6-8-19/h18-19H,4-17H2,1-3H3,(H,28,29,33)/t18-/m1/s1. The van der Waals surface area contributed by atoms with Crippen molar-refractivity contribution in [1.82, 2.24) is 19.8 Å². The Morgan fingerprint density at radius 1 is 1.09 bits per heavy atom. The zero-order chi connectivity index (χ0) is 23.9. The van der Waals surface area contributed by atoms with Crippen LogP contribution in [0.3, 0.4) is 0 Å². The minimum absolute atomic E-state index is 0.0275. The zero-order valence-electron chi connectivity index (χ0n) is 21.1. The van der Waals surface area contributed by atoms with E-state index in [9.17, 15) is 9.59 Å². The first-order valence-electron chi connectivity index (χ1n) is 13.3. The Morgan fingerprint density at radius 3 is 2.53 bits per heavy atom. The molecule has 1 atom stereocenters. The van der Waals surface area contributed by atoms with Crippen molar-refractivity contribution in [2.45, 2.75) is 91.0 Å². The van der Waals surface area contributed by atoms with Crippen molar-refractivity contribution in [2.24, 2.45) is 11.3 Å². The molecule has 0 aromatic carbocycles. The number of fused-ring (bicyclic) bond motifs is 3. The number of amides is 1. The van der Waals surface area contributed by atoms with E-state index < -0.39 is 0 Å². The third-order valence-electron chi connectivity index (χ3n) is 8.53. The highest BCUT2D eigenvalue weighted by atomic mass is 32.1. The SMILES string of the molecule is CC(C)(C)[C@@H]1CCc2c(sc3nc(CCC(=O)N4CCN(C5CCCCC5)CC4)[nH]c(=O)c23)C1. The van der Waals surface area contributed by atoms with Gasteiger partial charge in [0.15, 0.2) is 0 Å². The van der Waals surface area contributed by atoms with Crippen molar-refractivity contribution in [2.75, 3.05) is 26.2 Å². The number of aromatic nitrogens is 2. The van der Waals surface area contributed by atoms with Crippen LogP contribution in [0.1, 0.15) is 82.0 Å². The molecule has 2 fully saturated rings. The summed E-state index contributed by atoms with van der Waals surface area (Å²) in [6, 6.07) is 0.724. The summed E-state index contributed by atoms with van der Waals surface area (Å²) in [6.07, 6.45) is 10.8. The molecular formula is C27H40N4O2S. The summed E-state index contributed by atoms with van der Waals surface area (Å²) < 4.78 is 0. The molecule has 0 spiro atoms. The summed E-state index contributed by atoms with van der Waals surface area (Å²) in [5.41, 5.74) is 1.47. The number of hydrogen-bond donors (Lipinski definition) is 1. The highest BCUT2D eigenvalue weighted by Gasteiger charge is 2.32. The number of aromatic amines is 1. The van der Waals surface area contributed by atoms with Crippen LogP contribution >= 0.6 is 11.3 Å². The number of nitrogens with one attached hydrogen (secondary N) is 1. The summed E-state index contributed by atoms with van der Waals surface area (Å²) in [5, 5.41) is 0.793. The molecule has 2 aromatic heterocycles. The van der Waals surface area contributed by atoms with E-state index in [2.05, 4.69) is 30.7 Å². The fourth-order valence-corrected chi connectivity index (χ4v) is 7.57. The number of rotatable bonds is 4. The van der Waals surface area contributed by atoms with Gasteiger partial charge in [0, 0.05) is 49.9 Å². The highest BCUT2D eigenvalue weighted by molar-refractivity contribution is 7.18. The van der Waals surface area contributed by atoms with Gasteiger partial charge in [0.25, 0.3) is 5.56 Å². The predicted molar refractivity (Wildman–Crippen MR) is 139 cm³/mol. The lowest BCUT2D eigenvalue weighted by molar-refractivity contribution is -0.133. The van der Waals surface area contributed by atoms with E-state index in [0.717, 1.165) is 61.7 Å². The average molecular weight is 485 g/mol. The maximum Gasteiger partial charge on any atom is 0.259 e. The van der Waals surface area contributed by atoms with Gasteiger partial charge in [-0.2, -0.15) is 0 Å². The first-order chi connectivity index (χ1) is 16.3. The molecule has 3 heterocycles. The molecule has 3 aliphatic rings. The van der Waals surface area contributed by atoms with Gasteiger partial charge in [-0.25, -0.2) is 4.98 Å². The lowest BCUT2D eigenvalue weighted by atomic mass is 9.72. The first-order valence-corrected chi connectivity index (χ1v) is 14.2. The van der Waals surface area contributed by atoms with Gasteiger partial charge in [0.2, 0.25) is 5.91 Å². The van der Waals surface area contributed by atoms with Gasteiger partial charge < -0.3 is 9.88 Å². The molecule has 1 N–H and O–H groups in total. The average Bonchev–Trinajstić information content (AvgIpc) is 3.21. The highest BCUT2D eigenvalue weighted by Crippen LogP contribution is 2.42. The van der Waals surface area contributed by atoms with E-state index >= 15 is 0 Å². The number of carbonyl (C=O) groups is 1. The Labute approximate surface area is 207 Å². The Balaban J connectivity index is 1.20. The summed E-state index contributed by atoms with van der Waals surface area (Å²) in [6.45, 7) is 10.6. The molecule has 34 heavy (non-hydrogen) atoms. The lowest BCUT2D eigenvalue weighted by Gasteiger charge is -2.40. The third kappa shape index (κ3) is 4.97. The Bertz CT molecular complexity index is 1080. The summed E-state index contributed by atoms with van der Waals surface area (Å²) >= 11 is 1.69. The van der Waals surface area contributed by atoms with Gasteiger partial charge in [0.05, 0.1) is 5.39 Å². The van der Waals surface area contributed by atoms with E-state index in [1.807, 2.05) is 4.90 Å². The number of H-pyrrole nitrogens is 1. The van der Waals surface area contributed by atoms with Crippen molar-refractivity contribution in [1.29, 1.82) is 0 Å². The van der Waals surface area contributed by atoms with Crippen molar-refractivity contribution >= 4 is 27.5 Å². The number of hydrogen-bond acceptors (Lipinski definition) is 5. The van der Waals surface area contributed by atoms with E-state index in [0.29, 0.717) is 24.6 Å². The minimum atomic E-state index is -0.0275. The molecule has 0 bridgehead atoms. The smallest absolute Gasteiger partial charge is 0.259 e. The van der Waals surface area contributed by atoms with Gasteiger partial charge in [-0.3, -0.25) is 14.5 Å². The van der Waals surface area contributed by atoms with Crippen LogP contribution in [0.2, 0.25) is 0 Å². The topological polar surface area (TPSA) is 69.3 Å². The minimum Gasteiger partial charge on any atom is -0.340 e. The monoisotopic (exact) mass is 484 g/mol. The fraction of sp³-hybridized carbons (Fsp3) is 0.741. The Kier molecular flexibility index (Phi) is 6.86. The van der Waals surface area contributed by atoms with Crippen molar-refractivity contribution in [3.8, 4) is 0 Å². The van der Waals surface area contributed by atoms with Crippen molar-refractivity contribution < 1.29 is 4.79 Å². The first kappa shape index (κ1) is 24.0. The van der Waals surface area contributed by atoms with Gasteiger partial charge in [-0.05, 0) is 49.0 Å². The van der Waals surface area contributed by atoms with Crippen LogP contribution in [-0.2, 0) is 24.1 Å². The number of aryl methyl sites for hydroxylation is 2. The molecule has 1 saturated carbocycles. The van der Waals surface area contributed by atoms with Crippen LogP contribution in [0.25, 0.3) is 10.2 Å². The molecule has 0 unspecified atom stereocenters. The molecule has 5 rings (SSSR count). The van der Waals surface area contributed by atoms with Gasteiger partial charge in [-0.1, -0.05) is 40.0 Å². The van der Waals surface area contributed by atoms with Crippen molar-refractivity contribution in [3.63, 3.8) is 0 Å². The van der Waals surface area contributed by atoms with E-state index in [4.69, 9.17) is 4.98 Å². The largest absolute Gasteiger partial charge is 0.340 e. The molecule has 2 aliphatic carbocycles. The molecular weight excluding hydrogens is 444 g/mol. The molecule has 1 aliphatic heterocycles. The van der Waals surface area contributed by atoms with Gasteiger partial charge in [0.1, 0.15) is 10.7 Å². The second-order valence-corrected chi connectivity index (χ2v) is 12.8. The molecule has 1 saturated heterocycles. The number of nitrogens with zero attached hydrogens (tertiary/aromatic N) is 3. The fourth-order valence-electron chi connectivity index (χ4n) is 6.25. The Hall–Kier alpha value is -1.73. The molecule has 6 nitrogen and oxygen atoms in total. The van der Waals surface area contributed by atoms with Gasteiger partial charge >= 0.3 is 0 Å². The molecule has 7 heteroatoms. The third-order valence-corrected chi connectivity index (χ3v) is 9.67. The zero-order valence-corrected chi connectivity index (χ0v) is 21.9. The summed E-state index contributed by atoms with van der Waals surface area (Å²) in [5.74, 6) is 1.48. The predicted octanol–water partition coefficient (Wildman–Crippen LogP) is 4.55. The number of carbonyl (C=O) groups excluding carboxylic acids is 1. The van der Waals surface area contributed by atoms with Crippen LogP contribution in [0.15, 0.2) is 4.79 Å². The van der Waals surface area contributed by atoms with Gasteiger partial charge in [-0.15, -0.1) is 11.3 Å². The quantitative estimate of drug-likeness (QED) is 0.692. The van der Waals surface area contributed by atoms with Crippen LogP contribution in [-0.4, -0.2) is 57.9 Å². The Morgan fingerprint density at radius 2 is 1.82 bits per heavy atom. The van der Waals surface area contributed by atoms with Crippen LogP contribution in [0.5, 0.6) is 0 Å². The maximum absolute atomic E-state index is 13.0. The molecule has 186 valence electrons. The second kappa shape index (κ2) is 9.73. The second-order valence-electron chi connectivity index (χ2n) is 11.7. The van der Waals surface area contributed by atoms with E-state index in [-0.39, 0.29) is 16.9 Å². The molecule has 1 amide bonds. The lowest BCUT2D eigenvalue weighted by Crippen LogP contribution is -2.52. The van der Waals surface area contributed by atoms with E-state index in [1.165, 1.54) is 42.5 Å².